The second-order valence-corrected chi connectivity index (χ2v) is 7.47. The Kier molecular flexibility index (Phi) is 4.00. The molecule has 0 saturated carbocycles. The Labute approximate surface area is 151 Å². The smallest absolute Gasteiger partial charge is 0.286 e. The van der Waals surface area contributed by atoms with Gasteiger partial charge in [-0.1, -0.05) is 24.3 Å². The number of aromatic nitrogens is 2. The van der Waals surface area contributed by atoms with E-state index < -0.39 is 0 Å². The molecule has 2 aliphatic heterocycles. The van der Waals surface area contributed by atoms with E-state index >= 15 is 0 Å². The number of carbonyl (C=O) groups excluding carboxylic acids is 1. The molecular formula is C19H20N4OS. The van der Waals surface area contributed by atoms with Crippen molar-refractivity contribution in [3.05, 3.63) is 57.2 Å². The Bertz CT molecular complexity index is 926. The number of amidine groups is 1. The number of aliphatic imine (C=N–C) groups is 1. The van der Waals surface area contributed by atoms with E-state index in [0.29, 0.717) is 4.91 Å². The maximum Gasteiger partial charge on any atom is 0.286 e. The third-order valence-corrected chi connectivity index (χ3v) is 5.90. The lowest BCUT2D eigenvalue weighted by Gasteiger charge is -2.29. The molecule has 0 spiro atoms. The van der Waals surface area contributed by atoms with Crippen LogP contribution in [-0.4, -0.2) is 32.3 Å². The van der Waals surface area contributed by atoms with Crippen molar-refractivity contribution in [3.8, 4) is 0 Å². The minimum Gasteiger partial charge on any atom is -0.346 e. The number of aryl methyl sites for hydroxylation is 2. The molecule has 1 aromatic carbocycles. The van der Waals surface area contributed by atoms with Gasteiger partial charge in [0.25, 0.3) is 5.91 Å². The highest BCUT2D eigenvalue weighted by atomic mass is 32.2. The van der Waals surface area contributed by atoms with Crippen LogP contribution in [0.1, 0.15) is 28.1 Å². The van der Waals surface area contributed by atoms with E-state index in [1.807, 2.05) is 31.7 Å². The summed E-state index contributed by atoms with van der Waals surface area (Å²) in [6.45, 7) is 5.69. The Hall–Kier alpha value is -2.34. The maximum atomic E-state index is 12.4. The first-order valence-electron chi connectivity index (χ1n) is 8.37. The highest BCUT2D eigenvalue weighted by molar-refractivity contribution is 8.18. The fourth-order valence-electron chi connectivity index (χ4n) is 3.32. The zero-order valence-corrected chi connectivity index (χ0v) is 15.4. The second kappa shape index (κ2) is 6.19. The second-order valence-electron chi connectivity index (χ2n) is 6.46. The highest BCUT2D eigenvalue weighted by Gasteiger charge is 2.28. The number of hydrogen-bond acceptors (Lipinski definition) is 4. The lowest BCUT2D eigenvalue weighted by molar-refractivity contribution is -0.113. The van der Waals surface area contributed by atoms with Crippen LogP contribution in [0.15, 0.2) is 34.2 Å². The Morgan fingerprint density at radius 1 is 1.20 bits per heavy atom. The molecule has 0 aliphatic carbocycles. The molecule has 0 atom stereocenters. The fraction of sp³-hybridized carbons (Fsp3) is 0.316. The molecule has 1 amide bonds. The monoisotopic (exact) mass is 352 g/mol. The molecule has 0 bridgehead atoms. The van der Waals surface area contributed by atoms with Gasteiger partial charge in [0.2, 0.25) is 0 Å². The average molecular weight is 352 g/mol. The maximum absolute atomic E-state index is 12.4. The summed E-state index contributed by atoms with van der Waals surface area (Å²) in [4.78, 5) is 19.6. The quantitative estimate of drug-likeness (QED) is 0.740. The van der Waals surface area contributed by atoms with E-state index in [-0.39, 0.29) is 5.91 Å². The summed E-state index contributed by atoms with van der Waals surface area (Å²) in [6, 6.07) is 8.49. The number of hydrogen-bond donors (Lipinski definition) is 0. The summed E-state index contributed by atoms with van der Waals surface area (Å²) in [5.41, 5.74) is 5.71. The van der Waals surface area contributed by atoms with E-state index in [1.54, 1.807) is 0 Å². The van der Waals surface area contributed by atoms with Crippen LogP contribution in [0.3, 0.4) is 0 Å². The van der Waals surface area contributed by atoms with Gasteiger partial charge in [0.1, 0.15) is 0 Å². The van der Waals surface area contributed by atoms with Crippen LogP contribution >= 0.6 is 11.8 Å². The van der Waals surface area contributed by atoms with Crippen LogP contribution < -0.4 is 0 Å². The lowest BCUT2D eigenvalue weighted by Crippen LogP contribution is -2.33. The molecule has 0 unspecified atom stereocenters. The molecule has 3 heterocycles. The molecule has 25 heavy (non-hydrogen) atoms. The van der Waals surface area contributed by atoms with Crippen LogP contribution in [0.4, 0.5) is 0 Å². The minimum atomic E-state index is -0.151. The predicted molar refractivity (Wildman–Crippen MR) is 101 cm³/mol. The van der Waals surface area contributed by atoms with Gasteiger partial charge in [-0.25, -0.2) is 0 Å². The predicted octanol–water partition coefficient (Wildman–Crippen LogP) is 3.07. The van der Waals surface area contributed by atoms with Crippen LogP contribution in [0.5, 0.6) is 0 Å². The summed E-state index contributed by atoms with van der Waals surface area (Å²) in [5, 5.41) is 5.23. The molecule has 2 aromatic rings. The molecule has 0 saturated heterocycles. The SMILES string of the molecule is Cc1nn(C)c(C)c1C=C1SC(N2CCc3ccccc3C2)=NC1=O. The molecule has 0 radical (unpaired) electrons. The van der Waals surface area contributed by atoms with Crippen molar-refractivity contribution in [3.63, 3.8) is 0 Å². The number of fused-ring (bicyclic) bond motifs is 1. The van der Waals surface area contributed by atoms with Crippen molar-refractivity contribution in [2.24, 2.45) is 12.0 Å². The van der Waals surface area contributed by atoms with Crippen molar-refractivity contribution in [2.75, 3.05) is 6.54 Å². The van der Waals surface area contributed by atoms with E-state index in [2.05, 4.69) is 39.3 Å². The van der Waals surface area contributed by atoms with Gasteiger partial charge in [-0.2, -0.15) is 10.1 Å². The number of nitrogens with zero attached hydrogens (tertiary/aromatic N) is 4. The van der Waals surface area contributed by atoms with Crippen LogP contribution in [0, 0.1) is 13.8 Å². The van der Waals surface area contributed by atoms with Gasteiger partial charge in [-0.15, -0.1) is 0 Å². The summed E-state index contributed by atoms with van der Waals surface area (Å²) < 4.78 is 1.84. The van der Waals surface area contributed by atoms with Crippen molar-refractivity contribution in [2.45, 2.75) is 26.8 Å². The van der Waals surface area contributed by atoms with E-state index in [9.17, 15) is 4.79 Å². The molecule has 4 rings (SSSR count). The van der Waals surface area contributed by atoms with Gasteiger partial charge in [0.05, 0.1) is 10.6 Å². The van der Waals surface area contributed by atoms with Gasteiger partial charge in [-0.3, -0.25) is 9.48 Å². The van der Waals surface area contributed by atoms with Gasteiger partial charge in [0.15, 0.2) is 5.17 Å². The van der Waals surface area contributed by atoms with Gasteiger partial charge < -0.3 is 4.90 Å². The largest absolute Gasteiger partial charge is 0.346 e. The summed E-state index contributed by atoms with van der Waals surface area (Å²) in [6.07, 6.45) is 2.92. The molecular weight excluding hydrogens is 332 g/mol. The van der Waals surface area contributed by atoms with E-state index in [1.165, 1.54) is 22.9 Å². The van der Waals surface area contributed by atoms with Crippen molar-refractivity contribution in [1.82, 2.24) is 14.7 Å². The van der Waals surface area contributed by atoms with Crippen LogP contribution in [0.25, 0.3) is 6.08 Å². The lowest BCUT2D eigenvalue weighted by atomic mass is 10.0. The molecule has 128 valence electrons. The van der Waals surface area contributed by atoms with Crippen LogP contribution in [-0.2, 0) is 24.8 Å². The third-order valence-electron chi connectivity index (χ3n) is 4.85. The van der Waals surface area contributed by atoms with Crippen molar-refractivity contribution in [1.29, 1.82) is 0 Å². The van der Waals surface area contributed by atoms with E-state index in [4.69, 9.17) is 0 Å². The normalized spacial score (nSPS) is 18.7. The number of carbonyl (C=O) groups is 1. The fourth-order valence-corrected chi connectivity index (χ4v) is 4.24. The minimum absolute atomic E-state index is 0.151. The Balaban J connectivity index is 1.56. The zero-order valence-electron chi connectivity index (χ0n) is 14.6. The highest BCUT2D eigenvalue weighted by Crippen LogP contribution is 2.33. The first kappa shape index (κ1) is 16.1. The van der Waals surface area contributed by atoms with Crippen molar-refractivity contribution >= 4 is 28.9 Å². The summed E-state index contributed by atoms with van der Waals surface area (Å²) in [7, 11) is 1.92. The number of rotatable bonds is 1. The molecule has 1 aromatic heterocycles. The Morgan fingerprint density at radius 3 is 2.68 bits per heavy atom. The average Bonchev–Trinajstić information content (AvgIpc) is 3.09. The van der Waals surface area contributed by atoms with Crippen LogP contribution in [0.2, 0.25) is 0 Å². The Morgan fingerprint density at radius 2 is 1.96 bits per heavy atom. The number of benzene rings is 1. The first-order valence-corrected chi connectivity index (χ1v) is 9.19. The van der Waals surface area contributed by atoms with E-state index in [0.717, 1.165) is 41.6 Å². The molecule has 5 nitrogen and oxygen atoms in total. The van der Waals surface area contributed by atoms with Gasteiger partial charge >= 0.3 is 0 Å². The number of amides is 1. The third kappa shape index (κ3) is 2.91. The molecule has 0 fully saturated rings. The van der Waals surface area contributed by atoms with Gasteiger partial charge in [0, 0.05) is 31.4 Å². The summed E-state index contributed by atoms with van der Waals surface area (Å²) in [5.74, 6) is -0.151. The van der Waals surface area contributed by atoms with Gasteiger partial charge in [-0.05, 0) is 49.2 Å². The molecule has 0 N–H and O–H groups in total. The first-order chi connectivity index (χ1) is 12.0. The zero-order chi connectivity index (χ0) is 17.6. The topological polar surface area (TPSA) is 50.5 Å². The van der Waals surface area contributed by atoms with Crippen molar-refractivity contribution < 1.29 is 4.79 Å². The molecule has 2 aliphatic rings. The number of thioether (sulfide) groups is 1. The summed E-state index contributed by atoms with van der Waals surface area (Å²) >= 11 is 1.47. The standard InChI is InChI=1S/C19H20N4OS/c1-12-16(13(2)22(3)21-12)10-17-18(24)20-19(25-17)23-9-8-14-6-4-5-7-15(14)11-23/h4-7,10H,8-9,11H2,1-3H3. The molecule has 6 heteroatoms.